The van der Waals surface area contributed by atoms with Crippen LogP contribution in [0, 0.1) is 15.9 Å². The van der Waals surface area contributed by atoms with E-state index in [-0.39, 0.29) is 5.56 Å². The van der Waals surface area contributed by atoms with Crippen LogP contribution in [0.2, 0.25) is 0 Å². The number of rotatable bonds is 2. The van der Waals surface area contributed by atoms with E-state index in [0.29, 0.717) is 0 Å². The largest absolute Gasteiger partial charge is 0.388 e. The molecule has 70 valence electrons. The Balaban J connectivity index is 3.27. The van der Waals surface area contributed by atoms with Gasteiger partial charge in [0, 0.05) is 0 Å². The van der Waals surface area contributed by atoms with Gasteiger partial charge < -0.3 is 5.11 Å². The zero-order valence-electron chi connectivity index (χ0n) is 6.90. The molecule has 13 heavy (non-hydrogen) atoms. The molecule has 0 fully saturated rings. The lowest BCUT2D eigenvalue weighted by Gasteiger charge is -2.04. The second kappa shape index (κ2) is 3.49. The maximum absolute atomic E-state index is 12.6. The Kier molecular flexibility index (Phi) is 2.57. The zero-order chi connectivity index (χ0) is 10.0. The third-order valence-electron chi connectivity index (χ3n) is 1.64. The number of hydrogen-bond donors (Lipinski definition) is 1. The maximum atomic E-state index is 12.6. The minimum absolute atomic E-state index is 0.117. The van der Waals surface area contributed by atoms with Crippen molar-refractivity contribution in [3.05, 3.63) is 39.7 Å². The second-order valence-corrected chi connectivity index (χ2v) is 2.64. The van der Waals surface area contributed by atoms with E-state index < -0.39 is 22.5 Å². The van der Waals surface area contributed by atoms with Gasteiger partial charge >= 0.3 is 0 Å². The number of aliphatic hydroxyl groups is 1. The van der Waals surface area contributed by atoms with Crippen LogP contribution in [0.25, 0.3) is 0 Å². The molecule has 0 saturated heterocycles. The van der Waals surface area contributed by atoms with Gasteiger partial charge in [-0.05, 0) is 19.1 Å². The highest BCUT2D eigenvalue weighted by Crippen LogP contribution is 2.25. The summed E-state index contributed by atoms with van der Waals surface area (Å²) in [6.45, 7) is 1.39. The molecule has 4 nitrogen and oxygen atoms in total. The van der Waals surface area contributed by atoms with Crippen molar-refractivity contribution in [1.29, 1.82) is 0 Å². The van der Waals surface area contributed by atoms with Crippen LogP contribution in [0.4, 0.5) is 10.1 Å². The minimum Gasteiger partial charge on any atom is -0.388 e. The number of nitro benzene ring substituents is 1. The van der Waals surface area contributed by atoms with Crippen LogP contribution in [0.3, 0.4) is 0 Å². The van der Waals surface area contributed by atoms with Crippen LogP contribution in [-0.2, 0) is 0 Å². The third-order valence-corrected chi connectivity index (χ3v) is 1.64. The van der Waals surface area contributed by atoms with Gasteiger partial charge in [0.2, 0.25) is 0 Å². The molecule has 0 aliphatic heterocycles. The second-order valence-electron chi connectivity index (χ2n) is 2.64. The van der Waals surface area contributed by atoms with Crippen LogP contribution in [0.15, 0.2) is 18.2 Å². The van der Waals surface area contributed by atoms with E-state index in [2.05, 4.69) is 0 Å². The Morgan fingerprint density at radius 3 is 2.69 bits per heavy atom. The molecular weight excluding hydrogens is 177 g/mol. The third kappa shape index (κ3) is 2.00. The van der Waals surface area contributed by atoms with Crippen LogP contribution in [0.5, 0.6) is 0 Å². The highest BCUT2D eigenvalue weighted by atomic mass is 19.1. The van der Waals surface area contributed by atoms with E-state index in [4.69, 9.17) is 5.11 Å². The number of halogens is 1. The summed E-state index contributed by atoms with van der Waals surface area (Å²) < 4.78 is 12.6. The summed E-state index contributed by atoms with van der Waals surface area (Å²) >= 11 is 0. The van der Waals surface area contributed by atoms with E-state index in [1.807, 2.05) is 0 Å². The van der Waals surface area contributed by atoms with Crippen molar-refractivity contribution in [2.45, 2.75) is 13.0 Å². The average molecular weight is 185 g/mol. The monoisotopic (exact) mass is 185 g/mol. The molecular formula is C8H8FNO3. The van der Waals surface area contributed by atoms with E-state index in [0.717, 1.165) is 12.1 Å². The molecule has 0 aliphatic carbocycles. The van der Waals surface area contributed by atoms with Crippen molar-refractivity contribution >= 4 is 5.69 Å². The van der Waals surface area contributed by atoms with Crippen molar-refractivity contribution in [2.75, 3.05) is 0 Å². The first-order valence-corrected chi connectivity index (χ1v) is 3.64. The fraction of sp³-hybridized carbons (Fsp3) is 0.250. The maximum Gasteiger partial charge on any atom is 0.278 e. The van der Waals surface area contributed by atoms with Crippen molar-refractivity contribution in [1.82, 2.24) is 0 Å². The van der Waals surface area contributed by atoms with Gasteiger partial charge in [-0.25, -0.2) is 4.39 Å². The number of nitro groups is 1. The molecule has 0 saturated carbocycles. The van der Waals surface area contributed by atoms with Gasteiger partial charge in [-0.15, -0.1) is 0 Å². The molecule has 1 unspecified atom stereocenters. The Bertz CT molecular complexity index is 338. The Hall–Kier alpha value is -1.49. The summed E-state index contributed by atoms with van der Waals surface area (Å²) in [5, 5.41) is 19.5. The van der Waals surface area contributed by atoms with E-state index in [1.54, 1.807) is 0 Å². The van der Waals surface area contributed by atoms with Gasteiger partial charge in [0.1, 0.15) is 5.82 Å². The molecule has 1 rings (SSSR count). The zero-order valence-corrected chi connectivity index (χ0v) is 6.90. The Morgan fingerprint density at radius 2 is 2.23 bits per heavy atom. The molecule has 1 N–H and O–H groups in total. The Morgan fingerprint density at radius 1 is 1.62 bits per heavy atom. The molecule has 1 atom stereocenters. The van der Waals surface area contributed by atoms with Gasteiger partial charge in [0.15, 0.2) is 0 Å². The summed E-state index contributed by atoms with van der Waals surface area (Å²) in [6.07, 6.45) is -0.971. The molecule has 5 heteroatoms. The SMILES string of the molecule is CC(O)c1ccc(F)cc1[N+](=O)[O-]. The lowest BCUT2D eigenvalue weighted by Crippen LogP contribution is -1.99. The van der Waals surface area contributed by atoms with Crippen LogP contribution >= 0.6 is 0 Å². The first kappa shape index (κ1) is 9.60. The molecule has 0 bridgehead atoms. The smallest absolute Gasteiger partial charge is 0.278 e. The summed E-state index contributed by atoms with van der Waals surface area (Å²) in [4.78, 5) is 9.69. The average Bonchev–Trinajstić information content (AvgIpc) is 2.03. The number of aliphatic hydroxyl groups excluding tert-OH is 1. The quantitative estimate of drug-likeness (QED) is 0.564. The molecule has 0 aliphatic rings. The number of benzene rings is 1. The van der Waals surface area contributed by atoms with Gasteiger partial charge in [-0.2, -0.15) is 0 Å². The first-order valence-electron chi connectivity index (χ1n) is 3.64. The highest BCUT2D eigenvalue weighted by Gasteiger charge is 2.17. The summed E-state index contributed by atoms with van der Waals surface area (Å²) in [6, 6.07) is 3.08. The fourth-order valence-electron chi connectivity index (χ4n) is 1.03. The molecule has 1 aromatic carbocycles. The minimum atomic E-state index is -0.971. The standard InChI is InChI=1S/C8H8FNO3/c1-5(11)7-3-2-6(9)4-8(7)10(12)13/h2-5,11H,1H3. The number of hydrogen-bond acceptors (Lipinski definition) is 3. The van der Waals surface area contributed by atoms with Gasteiger partial charge in [-0.3, -0.25) is 10.1 Å². The lowest BCUT2D eigenvalue weighted by atomic mass is 10.1. The van der Waals surface area contributed by atoms with Crippen molar-refractivity contribution in [3.8, 4) is 0 Å². The summed E-state index contributed by atoms with van der Waals surface area (Å²) in [5.41, 5.74) is -0.276. The van der Waals surface area contributed by atoms with Gasteiger partial charge in [0.05, 0.1) is 22.7 Å². The van der Waals surface area contributed by atoms with Crippen molar-refractivity contribution in [2.24, 2.45) is 0 Å². The van der Waals surface area contributed by atoms with Crippen LogP contribution in [0.1, 0.15) is 18.6 Å². The Labute approximate surface area is 73.8 Å². The number of nitrogens with zero attached hydrogens (tertiary/aromatic N) is 1. The predicted octanol–water partition coefficient (Wildman–Crippen LogP) is 1.79. The van der Waals surface area contributed by atoms with Crippen molar-refractivity contribution in [3.63, 3.8) is 0 Å². The normalized spacial score (nSPS) is 12.5. The molecule has 0 heterocycles. The molecule has 0 radical (unpaired) electrons. The molecule has 1 aromatic rings. The van der Waals surface area contributed by atoms with Crippen LogP contribution < -0.4 is 0 Å². The highest BCUT2D eigenvalue weighted by molar-refractivity contribution is 5.41. The molecule has 0 amide bonds. The summed E-state index contributed by atoms with van der Waals surface area (Å²) in [5.74, 6) is -0.684. The first-order chi connectivity index (χ1) is 6.02. The fourth-order valence-corrected chi connectivity index (χ4v) is 1.03. The van der Waals surface area contributed by atoms with E-state index >= 15 is 0 Å². The lowest BCUT2D eigenvalue weighted by molar-refractivity contribution is -0.386. The van der Waals surface area contributed by atoms with Gasteiger partial charge in [-0.1, -0.05) is 0 Å². The van der Waals surface area contributed by atoms with E-state index in [1.165, 1.54) is 13.0 Å². The van der Waals surface area contributed by atoms with Gasteiger partial charge in [0.25, 0.3) is 5.69 Å². The topological polar surface area (TPSA) is 63.4 Å². The molecule has 0 spiro atoms. The summed E-state index contributed by atoms with van der Waals surface area (Å²) in [7, 11) is 0. The van der Waals surface area contributed by atoms with Crippen LogP contribution in [-0.4, -0.2) is 10.0 Å². The van der Waals surface area contributed by atoms with Crippen molar-refractivity contribution < 1.29 is 14.4 Å². The predicted molar refractivity (Wildman–Crippen MR) is 43.7 cm³/mol. The molecule has 0 aromatic heterocycles. The van der Waals surface area contributed by atoms with E-state index in [9.17, 15) is 14.5 Å².